The van der Waals surface area contributed by atoms with Crippen molar-refractivity contribution in [2.24, 2.45) is 0 Å². The third-order valence-corrected chi connectivity index (χ3v) is 5.98. The number of thiazole rings is 1. The first kappa shape index (κ1) is 21.0. The first-order valence-electron chi connectivity index (χ1n) is 10.2. The second-order valence-corrected chi connectivity index (χ2v) is 8.35. The SMILES string of the molecule is CN1CCN(c2ccccc2NC(=O)Cc2csc(NC(=O)c3ccccc3)n2)CC1. The molecule has 1 aliphatic rings. The number of likely N-dealkylation sites (N-methyl/N-ethyl adjacent to an activating group) is 1. The average molecular weight is 436 g/mol. The average Bonchev–Trinajstić information content (AvgIpc) is 3.22. The molecule has 1 aromatic heterocycles. The maximum Gasteiger partial charge on any atom is 0.257 e. The van der Waals surface area contributed by atoms with Crippen molar-refractivity contribution in [1.29, 1.82) is 0 Å². The van der Waals surface area contributed by atoms with Gasteiger partial charge in [-0.1, -0.05) is 30.3 Å². The number of nitrogens with zero attached hydrogens (tertiary/aromatic N) is 3. The molecule has 2 amide bonds. The van der Waals surface area contributed by atoms with E-state index in [9.17, 15) is 9.59 Å². The molecule has 0 atom stereocenters. The number of carbonyl (C=O) groups is 2. The van der Waals surface area contributed by atoms with Crippen molar-refractivity contribution >= 4 is 39.7 Å². The predicted molar refractivity (Wildman–Crippen MR) is 125 cm³/mol. The number of hydrogen-bond donors (Lipinski definition) is 2. The smallest absolute Gasteiger partial charge is 0.257 e. The van der Waals surface area contributed by atoms with Crippen molar-refractivity contribution in [2.45, 2.75) is 6.42 Å². The molecule has 31 heavy (non-hydrogen) atoms. The molecule has 160 valence electrons. The third kappa shape index (κ3) is 5.48. The number of amides is 2. The van der Waals surface area contributed by atoms with Crippen LogP contribution in [0.15, 0.2) is 60.0 Å². The summed E-state index contributed by atoms with van der Waals surface area (Å²) in [5.41, 5.74) is 3.04. The highest BCUT2D eigenvalue weighted by Gasteiger charge is 2.18. The van der Waals surface area contributed by atoms with Gasteiger partial charge >= 0.3 is 0 Å². The summed E-state index contributed by atoms with van der Waals surface area (Å²) in [7, 11) is 2.12. The number of aromatic nitrogens is 1. The summed E-state index contributed by atoms with van der Waals surface area (Å²) in [6, 6.07) is 16.9. The molecule has 4 rings (SSSR count). The van der Waals surface area contributed by atoms with Gasteiger partial charge in [-0.25, -0.2) is 4.98 Å². The number of anilines is 3. The van der Waals surface area contributed by atoms with Gasteiger partial charge < -0.3 is 15.1 Å². The fourth-order valence-corrected chi connectivity index (χ4v) is 4.17. The molecule has 1 aliphatic heterocycles. The van der Waals surface area contributed by atoms with Crippen LogP contribution < -0.4 is 15.5 Å². The maximum atomic E-state index is 12.7. The van der Waals surface area contributed by atoms with Crippen molar-refractivity contribution < 1.29 is 9.59 Å². The Labute approximate surface area is 185 Å². The van der Waals surface area contributed by atoms with Gasteiger partial charge in [0.15, 0.2) is 5.13 Å². The van der Waals surface area contributed by atoms with Crippen LogP contribution in [-0.2, 0) is 11.2 Å². The zero-order valence-electron chi connectivity index (χ0n) is 17.4. The number of piperazine rings is 1. The second-order valence-electron chi connectivity index (χ2n) is 7.50. The molecule has 0 bridgehead atoms. The molecule has 2 aromatic carbocycles. The highest BCUT2D eigenvalue weighted by molar-refractivity contribution is 7.14. The zero-order chi connectivity index (χ0) is 21.6. The van der Waals surface area contributed by atoms with Gasteiger partial charge in [0.25, 0.3) is 5.91 Å². The summed E-state index contributed by atoms with van der Waals surface area (Å²) < 4.78 is 0. The van der Waals surface area contributed by atoms with E-state index in [2.05, 4.69) is 32.5 Å². The van der Waals surface area contributed by atoms with Gasteiger partial charge in [0.05, 0.1) is 23.5 Å². The van der Waals surface area contributed by atoms with Gasteiger partial charge in [-0.3, -0.25) is 14.9 Å². The highest BCUT2D eigenvalue weighted by Crippen LogP contribution is 2.27. The number of para-hydroxylation sites is 2. The van der Waals surface area contributed by atoms with Gasteiger partial charge in [0, 0.05) is 37.1 Å². The topological polar surface area (TPSA) is 77.6 Å². The molecule has 3 aromatic rings. The molecule has 2 heterocycles. The van der Waals surface area contributed by atoms with Gasteiger partial charge in [0.1, 0.15) is 0 Å². The van der Waals surface area contributed by atoms with Crippen molar-refractivity contribution in [3.63, 3.8) is 0 Å². The third-order valence-electron chi connectivity index (χ3n) is 5.17. The Kier molecular flexibility index (Phi) is 6.59. The Morgan fingerprint density at radius 2 is 1.68 bits per heavy atom. The van der Waals surface area contributed by atoms with Gasteiger partial charge in [0.2, 0.25) is 5.91 Å². The van der Waals surface area contributed by atoms with Gasteiger partial charge in [-0.2, -0.15) is 0 Å². The predicted octanol–water partition coefficient (Wildman–Crippen LogP) is 3.33. The first-order chi connectivity index (χ1) is 15.1. The second kappa shape index (κ2) is 9.72. The van der Waals surface area contributed by atoms with Crippen LogP contribution in [0.2, 0.25) is 0 Å². The van der Waals surface area contributed by atoms with Crippen LogP contribution in [-0.4, -0.2) is 54.9 Å². The summed E-state index contributed by atoms with van der Waals surface area (Å²) in [4.78, 5) is 33.9. The fraction of sp³-hybridized carbons (Fsp3) is 0.261. The standard InChI is InChI=1S/C23H25N5O2S/c1-27-11-13-28(14-12-27)20-10-6-5-9-19(20)25-21(29)15-18-16-31-23(24-18)26-22(30)17-7-3-2-4-8-17/h2-10,16H,11-15H2,1H3,(H,25,29)(H,24,26,30). The molecule has 0 aliphatic carbocycles. The van der Waals surface area contributed by atoms with E-state index in [1.54, 1.807) is 17.5 Å². The minimum atomic E-state index is -0.216. The minimum absolute atomic E-state index is 0.132. The Hall–Kier alpha value is -3.23. The Morgan fingerprint density at radius 1 is 0.968 bits per heavy atom. The van der Waals surface area contributed by atoms with E-state index in [1.165, 1.54) is 11.3 Å². The van der Waals surface area contributed by atoms with Crippen LogP contribution in [0.4, 0.5) is 16.5 Å². The monoisotopic (exact) mass is 435 g/mol. The molecule has 0 radical (unpaired) electrons. The number of rotatable bonds is 6. The molecule has 0 spiro atoms. The van der Waals surface area contributed by atoms with E-state index in [0.29, 0.717) is 16.4 Å². The van der Waals surface area contributed by atoms with Gasteiger partial charge in [-0.05, 0) is 31.3 Å². The Morgan fingerprint density at radius 3 is 2.45 bits per heavy atom. The van der Waals surface area contributed by atoms with Crippen molar-refractivity contribution in [2.75, 3.05) is 48.8 Å². The quantitative estimate of drug-likeness (QED) is 0.621. The zero-order valence-corrected chi connectivity index (χ0v) is 18.2. The molecule has 2 N–H and O–H groups in total. The van der Waals surface area contributed by atoms with Crippen molar-refractivity contribution in [3.8, 4) is 0 Å². The summed E-state index contributed by atoms with van der Waals surface area (Å²) >= 11 is 1.31. The lowest BCUT2D eigenvalue weighted by atomic mass is 10.2. The molecule has 0 saturated carbocycles. The van der Waals surface area contributed by atoms with Crippen LogP contribution in [0.1, 0.15) is 16.1 Å². The Balaban J connectivity index is 1.36. The van der Waals surface area contributed by atoms with E-state index in [-0.39, 0.29) is 18.2 Å². The van der Waals surface area contributed by atoms with Crippen LogP contribution in [0.25, 0.3) is 0 Å². The summed E-state index contributed by atoms with van der Waals surface area (Å²) in [6.07, 6.45) is 0.148. The normalized spacial score (nSPS) is 14.3. The molecule has 0 unspecified atom stereocenters. The maximum absolute atomic E-state index is 12.7. The van der Waals surface area contributed by atoms with E-state index in [4.69, 9.17) is 0 Å². The molecular weight excluding hydrogens is 410 g/mol. The van der Waals surface area contributed by atoms with E-state index in [0.717, 1.165) is 37.6 Å². The number of benzene rings is 2. The minimum Gasteiger partial charge on any atom is -0.367 e. The number of hydrogen-bond acceptors (Lipinski definition) is 6. The van der Waals surface area contributed by atoms with Crippen molar-refractivity contribution in [1.82, 2.24) is 9.88 Å². The molecular formula is C23H25N5O2S. The lowest BCUT2D eigenvalue weighted by molar-refractivity contribution is -0.115. The largest absolute Gasteiger partial charge is 0.367 e. The lowest BCUT2D eigenvalue weighted by Crippen LogP contribution is -2.44. The molecule has 8 heteroatoms. The molecule has 7 nitrogen and oxygen atoms in total. The molecule has 1 saturated heterocycles. The molecule has 1 fully saturated rings. The lowest BCUT2D eigenvalue weighted by Gasteiger charge is -2.35. The van der Waals surface area contributed by atoms with E-state index < -0.39 is 0 Å². The van der Waals surface area contributed by atoms with E-state index in [1.807, 2.05) is 42.5 Å². The summed E-state index contributed by atoms with van der Waals surface area (Å²) in [6.45, 7) is 3.86. The fourth-order valence-electron chi connectivity index (χ4n) is 3.47. The van der Waals surface area contributed by atoms with Crippen molar-refractivity contribution in [3.05, 3.63) is 71.2 Å². The summed E-state index contributed by atoms with van der Waals surface area (Å²) in [5, 5.41) is 8.09. The summed E-state index contributed by atoms with van der Waals surface area (Å²) in [5.74, 6) is -0.347. The van der Waals surface area contributed by atoms with Gasteiger partial charge in [-0.15, -0.1) is 11.3 Å². The van der Waals surface area contributed by atoms with Crippen LogP contribution in [0, 0.1) is 0 Å². The van der Waals surface area contributed by atoms with Crippen LogP contribution >= 0.6 is 11.3 Å². The Bertz CT molecular complexity index is 1040. The number of nitrogens with one attached hydrogen (secondary N) is 2. The van der Waals surface area contributed by atoms with E-state index >= 15 is 0 Å². The number of carbonyl (C=O) groups excluding carboxylic acids is 2. The van der Waals surface area contributed by atoms with Crippen LogP contribution in [0.5, 0.6) is 0 Å². The van der Waals surface area contributed by atoms with Crippen LogP contribution in [0.3, 0.4) is 0 Å². The highest BCUT2D eigenvalue weighted by atomic mass is 32.1. The first-order valence-corrected chi connectivity index (χ1v) is 11.1.